The summed E-state index contributed by atoms with van der Waals surface area (Å²) in [5.74, 6) is 0.656. The molecular weight excluding hydrogens is 310 g/mol. The Bertz CT molecular complexity index is 478. The number of hydrogen-bond acceptors (Lipinski definition) is 3. The minimum atomic E-state index is -0.0203. The Morgan fingerprint density at radius 2 is 2.26 bits per heavy atom. The summed E-state index contributed by atoms with van der Waals surface area (Å²) >= 11 is 3.42. The van der Waals surface area contributed by atoms with Gasteiger partial charge < -0.3 is 14.4 Å². The summed E-state index contributed by atoms with van der Waals surface area (Å²) in [4.78, 5) is 14.3. The molecule has 1 amide bonds. The van der Waals surface area contributed by atoms with Crippen molar-refractivity contribution in [1.29, 1.82) is 0 Å². The van der Waals surface area contributed by atoms with Gasteiger partial charge >= 0.3 is 0 Å². The van der Waals surface area contributed by atoms with E-state index in [9.17, 15) is 4.79 Å². The van der Waals surface area contributed by atoms with Crippen LogP contribution in [-0.2, 0) is 4.74 Å². The van der Waals surface area contributed by atoms with E-state index in [0.29, 0.717) is 17.9 Å². The molecule has 2 unspecified atom stereocenters. The monoisotopic (exact) mass is 327 g/mol. The summed E-state index contributed by atoms with van der Waals surface area (Å²) in [6, 6.07) is 5.53. The predicted octanol–water partition coefficient (Wildman–Crippen LogP) is 2.71. The first-order valence-corrected chi connectivity index (χ1v) is 7.06. The fourth-order valence-electron chi connectivity index (χ4n) is 2.36. The van der Waals surface area contributed by atoms with Crippen LogP contribution in [0, 0.1) is 0 Å². The Morgan fingerprint density at radius 1 is 1.53 bits per heavy atom. The van der Waals surface area contributed by atoms with E-state index in [1.165, 1.54) is 0 Å². The first-order valence-electron chi connectivity index (χ1n) is 6.27. The summed E-state index contributed by atoms with van der Waals surface area (Å²) in [5, 5.41) is 0. The molecule has 0 bridgehead atoms. The summed E-state index contributed by atoms with van der Waals surface area (Å²) in [7, 11) is 3.41. The lowest BCUT2D eigenvalue weighted by atomic mass is 10.1. The lowest BCUT2D eigenvalue weighted by Gasteiger charge is -2.27. The van der Waals surface area contributed by atoms with Gasteiger partial charge in [-0.2, -0.15) is 0 Å². The smallest absolute Gasteiger partial charge is 0.255 e. The van der Waals surface area contributed by atoms with Gasteiger partial charge in [-0.25, -0.2) is 0 Å². The van der Waals surface area contributed by atoms with Gasteiger partial charge in [-0.15, -0.1) is 0 Å². The number of hydrogen-bond donors (Lipinski definition) is 0. The molecular formula is C14H18BrNO3. The maximum atomic E-state index is 12.6. The fourth-order valence-corrected chi connectivity index (χ4v) is 2.78. The Kier molecular flexibility index (Phi) is 4.47. The molecule has 0 N–H and O–H groups in total. The first-order chi connectivity index (χ1) is 9.04. The first kappa shape index (κ1) is 14.3. The number of nitrogens with zero attached hydrogens (tertiary/aromatic N) is 1. The number of rotatable bonds is 3. The number of carbonyl (C=O) groups is 1. The van der Waals surface area contributed by atoms with Crippen LogP contribution in [0.1, 0.15) is 23.7 Å². The van der Waals surface area contributed by atoms with E-state index in [-0.39, 0.29) is 18.1 Å². The van der Waals surface area contributed by atoms with Gasteiger partial charge in [-0.05, 0) is 47.5 Å². The van der Waals surface area contributed by atoms with E-state index >= 15 is 0 Å². The van der Waals surface area contributed by atoms with Crippen molar-refractivity contribution in [3.8, 4) is 5.75 Å². The molecule has 1 fully saturated rings. The van der Waals surface area contributed by atoms with Gasteiger partial charge in [-0.3, -0.25) is 4.79 Å². The maximum Gasteiger partial charge on any atom is 0.255 e. The highest BCUT2D eigenvalue weighted by atomic mass is 79.9. The zero-order chi connectivity index (χ0) is 14.0. The quantitative estimate of drug-likeness (QED) is 0.856. The van der Waals surface area contributed by atoms with Crippen LogP contribution >= 0.6 is 15.9 Å². The molecule has 2 atom stereocenters. The molecule has 0 aliphatic carbocycles. The van der Waals surface area contributed by atoms with Crippen LogP contribution in [-0.4, -0.2) is 43.7 Å². The molecule has 0 spiro atoms. The number of benzene rings is 1. The van der Waals surface area contributed by atoms with Crippen molar-refractivity contribution in [3.63, 3.8) is 0 Å². The number of halogens is 1. The van der Waals surface area contributed by atoms with Crippen molar-refractivity contribution in [2.45, 2.75) is 25.5 Å². The van der Waals surface area contributed by atoms with Crippen molar-refractivity contribution in [2.75, 3.05) is 20.8 Å². The van der Waals surface area contributed by atoms with Gasteiger partial charge in [0.15, 0.2) is 0 Å². The third kappa shape index (κ3) is 2.92. The Hall–Kier alpha value is -1.07. The van der Waals surface area contributed by atoms with Gasteiger partial charge in [0, 0.05) is 18.1 Å². The van der Waals surface area contributed by atoms with Crippen LogP contribution in [0.3, 0.4) is 0 Å². The molecule has 0 aromatic heterocycles. The van der Waals surface area contributed by atoms with Crippen LogP contribution in [0.25, 0.3) is 0 Å². The van der Waals surface area contributed by atoms with E-state index in [1.54, 1.807) is 18.1 Å². The number of ether oxygens (including phenoxy) is 2. The Labute approximate surface area is 121 Å². The van der Waals surface area contributed by atoms with Gasteiger partial charge in [-0.1, -0.05) is 0 Å². The third-order valence-corrected chi connectivity index (χ3v) is 4.25. The van der Waals surface area contributed by atoms with Crippen molar-refractivity contribution >= 4 is 21.8 Å². The van der Waals surface area contributed by atoms with Gasteiger partial charge in [0.1, 0.15) is 5.75 Å². The second-order valence-electron chi connectivity index (χ2n) is 4.69. The normalized spacial score (nSPS) is 22.3. The second kappa shape index (κ2) is 5.92. The Morgan fingerprint density at radius 3 is 2.84 bits per heavy atom. The molecule has 1 saturated heterocycles. The molecule has 19 heavy (non-hydrogen) atoms. The van der Waals surface area contributed by atoms with E-state index < -0.39 is 0 Å². The van der Waals surface area contributed by atoms with Crippen molar-refractivity contribution in [1.82, 2.24) is 4.90 Å². The molecule has 5 heteroatoms. The summed E-state index contributed by atoms with van der Waals surface area (Å²) in [5.41, 5.74) is 0.612. The molecule has 1 aromatic carbocycles. The summed E-state index contributed by atoms with van der Waals surface area (Å²) in [6.45, 7) is 2.71. The average Bonchev–Trinajstić information content (AvgIpc) is 2.84. The van der Waals surface area contributed by atoms with Crippen LogP contribution in [0.15, 0.2) is 22.7 Å². The van der Waals surface area contributed by atoms with Crippen LogP contribution < -0.4 is 4.74 Å². The van der Waals surface area contributed by atoms with Crippen LogP contribution in [0.5, 0.6) is 5.75 Å². The molecule has 0 radical (unpaired) electrons. The summed E-state index contributed by atoms with van der Waals surface area (Å²) in [6.07, 6.45) is 0.962. The molecule has 4 nitrogen and oxygen atoms in total. The highest BCUT2D eigenvalue weighted by Gasteiger charge is 2.31. The third-order valence-electron chi connectivity index (χ3n) is 3.56. The van der Waals surface area contributed by atoms with E-state index in [1.807, 2.05) is 26.1 Å². The van der Waals surface area contributed by atoms with E-state index in [4.69, 9.17) is 9.47 Å². The highest BCUT2D eigenvalue weighted by molar-refractivity contribution is 9.10. The highest BCUT2D eigenvalue weighted by Crippen LogP contribution is 2.26. The molecule has 1 aliphatic rings. The molecule has 1 heterocycles. The van der Waals surface area contributed by atoms with Crippen molar-refractivity contribution < 1.29 is 14.3 Å². The minimum absolute atomic E-state index is 0.0203. The predicted molar refractivity (Wildman–Crippen MR) is 76.6 cm³/mol. The fraction of sp³-hybridized carbons (Fsp3) is 0.500. The SMILES string of the molecule is COc1ccc(Br)c(C(=O)N(C)C2CCOC2C)c1. The minimum Gasteiger partial charge on any atom is -0.497 e. The topological polar surface area (TPSA) is 38.8 Å². The molecule has 2 rings (SSSR count). The lowest BCUT2D eigenvalue weighted by molar-refractivity contribution is 0.0573. The largest absolute Gasteiger partial charge is 0.497 e. The maximum absolute atomic E-state index is 12.6. The number of carbonyl (C=O) groups excluding carboxylic acids is 1. The second-order valence-corrected chi connectivity index (χ2v) is 5.55. The molecule has 1 aromatic rings. The molecule has 1 aliphatic heterocycles. The number of likely N-dealkylation sites (N-methyl/N-ethyl adjacent to an activating group) is 1. The standard InChI is InChI=1S/C14H18BrNO3/c1-9-13(6-7-19-9)16(2)14(17)11-8-10(18-3)4-5-12(11)15/h4-5,8-9,13H,6-7H2,1-3H3. The number of methoxy groups -OCH3 is 1. The van der Waals surface area contributed by atoms with Crippen LogP contribution in [0.2, 0.25) is 0 Å². The summed E-state index contributed by atoms with van der Waals surface area (Å²) < 4.78 is 11.5. The van der Waals surface area contributed by atoms with Crippen molar-refractivity contribution in [2.24, 2.45) is 0 Å². The zero-order valence-electron chi connectivity index (χ0n) is 11.4. The van der Waals surface area contributed by atoms with E-state index in [2.05, 4.69) is 15.9 Å². The van der Waals surface area contributed by atoms with E-state index in [0.717, 1.165) is 10.9 Å². The van der Waals surface area contributed by atoms with Gasteiger partial charge in [0.05, 0.1) is 24.8 Å². The average molecular weight is 328 g/mol. The lowest BCUT2D eigenvalue weighted by Crippen LogP contribution is -2.41. The Balaban J connectivity index is 2.23. The molecule has 104 valence electrons. The van der Waals surface area contributed by atoms with Crippen molar-refractivity contribution in [3.05, 3.63) is 28.2 Å². The van der Waals surface area contributed by atoms with Gasteiger partial charge in [0.25, 0.3) is 5.91 Å². The zero-order valence-corrected chi connectivity index (χ0v) is 12.9. The molecule has 0 saturated carbocycles. The van der Waals surface area contributed by atoms with Crippen LogP contribution in [0.4, 0.5) is 0 Å². The van der Waals surface area contributed by atoms with Gasteiger partial charge in [0.2, 0.25) is 0 Å². The number of amides is 1.